The predicted octanol–water partition coefficient (Wildman–Crippen LogP) is 1.57. The van der Waals surface area contributed by atoms with Crippen LogP contribution in [0.5, 0.6) is 0 Å². The fourth-order valence-electron chi connectivity index (χ4n) is 2.48. The highest BCUT2D eigenvalue weighted by Gasteiger charge is 2.21. The van der Waals surface area contributed by atoms with Crippen LogP contribution >= 0.6 is 0 Å². The summed E-state index contributed by atoms with van der Waals surface area (Å²) in [6.45, 7) is 4.23. The normalized spacial score (nSPS) is 20.6. The molecule has 4 heteroatoms. The van der Waals surface area contributed by atoms with Crippen LogP contribution in [0.15, 0.2) is 12.1 Å². The van der Waals surface area contributed by atoms with E-state index in [-0.39, 0.29) is 6.61 Å². The summed E-state index contributed by atoms with van der Waals surface area (Å²) in [6.07, 6.45) is 3.23. The van der Waals surface area contributed by atoms with Crippen molar-refractivity contribution >= 4 is 11.5 Å². The van der Waals surface area contributed by atoms with Gasteiger partial charge in [-0.3, -0.25) is 0 Å². The first-order valence-electron chi connectivity index (χ1n) is 6.29. The van der Waals surface area contributed by atoms with Gasteiger partial charge in [0.1, 0.15) is 0 Å². The van der Waals surface area contributed by atoms with Crippen LogP contribution in [0.2, 0.25) is 0 Å². The van der Waals surface area contributed by atoms with Gasteiger partial charge in [0.2, 0.25) is 0 Å². The molecule has 1 aromatic heterocycles. The van der Waals surface area contributed by atoms with Gasteiger partial charge in [-0.2, -0.15) is 0 Å². The molecule has 4 nitrogen and oxygen atoms in total. The topological polar surface area (TPSA) is 62.4 Å². The maximum Gasteiger partial charge on any atom is 0.152 e. The van der Waals surface area contributed by atoms with Crippen molar-refractivity contribution in [3.8, 4) is 0 Å². The SMILES string of the molecule is Cc1ccc(N)c(N2CCCC(CCO)C2)n1. The number of aryl methyl sites for hydroxylation is 1. The van der Waals surface area contributed by atoms with E-state index in [1.54, 1.807) is 0 Å². The largest absolute Gasteiger partial charge is 0.396 e. The maximum atomic E-state index is 9.02. The molecule has 1 unspecified atom stereocenters. The van der Waals surface area contributed by atoms with Gasteiger partial charge in [0, 0.05) is 25.4 Å². The second-order valence-corrected chi connectivity index (χ2v) is 4.83. The molecule has 2 rings (SSSR count). The number of hydrogen-bond acceptors (Lipinski definition) is 4. The molecule has 0 bridgehead atoms. The standard InChI is InChI=1S/C13H21N3O/c1-10-4-5-12(14)13(15-10)16-7-2-3-11(9-16)6-8-17/h4-5,11,17H,2-3,6-9,14H2,1H3. The van der Waals surface area contributed by atoms with Crippen molar-refractivity contribution in [1.82, 2.24) is 4.98 Å². The first kappa shape index (κ1) is 12.2. The van der Waals surface area contributed by atoms with Gasteiger partial charge in [-0.25, -0.2) is 4.98 Å². The molecule has 0 saturated carbocycles. The highest BCUT2D eigenvalue weighted by molar-refractivity contribution is 5.63. The van der Waals surface area contributed by atoms with Crippen molar-refractivity contribution in [1.29, 1.82) is 0 Å². The molecule has 0 radical (unpaired) electrons. The Bertz CT molecular complexity index is 379. The molecule has 17 heavy (non-hydrogen) atoms. The third-order valence-corrected chi connectivity index (χ3v) is 3.40. The minimum Gasteiger partial charge on any atom is -0.396 e. The molecular weight excluding hydrogens is 214 g/mol. The number of pyridine rings is 1. The summed E-state index contributed by atoms with van der Waals surface area (Å²) >= 11 is 0. The van der Waals surface area contributed by atoms with E-state index in [4.69, 9.17) is 10.8 Å². The molecule has 1 atom stereocenters. The average Bonchev–Trinajstić information content (AvgIpc) is 2.33. The quantitative estimate of drug-likeness (QED) is 0.835. The van der Waals surface area contributed by atoms with Crippen LogP contribution in [0.25, 0.3) is 0 Å². The molecule has 0 aliphatic carbocycles. The Morgan fingerprint density at radius 1 is 1.53 bits per heavy atom. The lowest BCUT2D eigenvalue weighted by molar-refractivity contribution is 0.244. The van der Waals surface area contributed by atoms with Crippen molar-refractivity contribution in [2.24, 2.45) is 5.92 Å². The monoisotopic (exact) mass is 235 g/mol. The van der Waals surface area contributed by atoms with Gasteiger partial charge in [0.15, 0.2) is 5.82 Å². The highest BCUT2D eigenvalue weighted by atomic mass is 16.3. The lowest BCUT2D eigenvalue weighted by Gasteiger charge is -2.34. The number of nitrogen functional groups attached to an aromatic ring is 1. The number of aliphatic hydroxyl groups is 1. The molecule has 0 aromatic carbocycles. The summed E-state index contributed by atoms with van der Waals surface area (Å²) in [5.41, 5.74) is 7.73. The Hall–Kier alpha value is -1.29. The number of piperidine rings is 1. The summed E-state index contributed by atoms with van der Waals surface area (Å²) < 4.78 is 0. The minimum absolute atomic E-state index is 0.273. The maximum absolute atomic E-state index is 9.02. The number of nitrogens with zero attached hydrogens (tertiary/aromatic N) is 2. The minimum atomic E-state index is 0.273. The Morgan fingerprint density at radius 2 is 2.35 bits per heavy atom. The lowest BCUT2D eigenvalue weighted by Crippen LogP contribution is -2.36. The summed E-state index contributed by atoms with van der Waals surface area (Å²) in [5, 5.41) is 9.02. The van der Waals surface area contributed by atoms with E-state index in [9.17, 15) is 0 Å². The molecule has 3 N–H and O–H groups in total. The van der Waals surface area contributed by atoms with Gasteiger partial charge in [0.25, 0.3) is 0 Å². The van der Waals surface area contributed by atoms with Crippen LogP contribution in [-0.4, -0.2) is 29.8 Å². The molecule has 0 spiro atoms. The second-order valence-electron chi connectivity index (χ2n) is 4.83. The van der Waals surface area contributed by atoms with Crippen LogP contribution in [0.1, 0.15) is 25.0 Å². The van der Waals surface area contributed by atoms with E-state index in [1.165, 1.54) is 6.42 Å². The van der Waals surface area contributed by atoms with E-state index in [2.05, 4.69) is 9.88 Å². The Morgan fingerprint density at radius 3 is 3.12 bits per heavy atom. The number of rotatable bonds is 3. The average molecular weight is 235 g/mol. The van der Waals surface area contributed by atoms with Crippen molar-refractivity contribution in [3.63, 3.8) is 0 Å². The number of anilines is 2. The van der Waals surface area contributed by atoms with E-state index in [0.29, 0.717) is 5.92 Å². The van der Waals surface area contributed by atoms with Gasteiger partial charge in [0.05, 0.1) is 5.69 Å². The summed E-state index contributed by atoms with van der Waals surface area (Å²) in [6, 6.07) is 3.86. The van der Waals surface area contributed by atoms with Crippen LogP contribution in [0, 0.1) is 12.8 Å². The molecule has 94 valence electrons. The molecule has 1 aromatic rings. The van der Waals surface area contributed by atoms with E-state index >= 15 is 0 Å². The van der Waals surface area contributed by atoms with Crippen LogP contribution in [0.4, 0.5) is 11.5 Å². The van der Waals surface area contributed by atoms with E-state index in [0.717, 1.165) is 43.1 Å². The van der Waals surface area contributed by atoms with Crippen molar-refractivity contribution < 1.29 is 5.11 Å². The number of hydrogen-bond donors (Lipinski definition) is 2. The first-order valence-corrected chi connectivity index (χ1v) is 6.29. The van der Waals surface area contributed by atoms with Gasteiger partial charge in [-0.15, -0.1) is 0 Å². The van der Waals surface area contributed by atoms with Gasteiger partial charge >= 0.3 is 0 Å². The zero-order valence-corrected chi connectivity index (χ0v) is 10.4. The first-order chi connectivity index (χ1) is 8.20. The third-order valence-electron chi connectivity index (χ3n) is 3.40. The van der Waals surface area contributed by atoms with Crippen molar-refractivity contribution in [2.45, 2.75) is 26.2 Å². The van der Waals surface area contributed by atoms with E-state index in [1.807, 2.05) is 19.1 Å². The zero-order valence-electron chi connectivity index (χ0n) is 10.4. The molecule has 2 heterocycles. The van der Waals surface area contributed by atoms with Crippen molar-refractivity contribution in [2.75, 3.05) is 30.3 Å². The molecule has 1 fully saturated rings. The summed E-state index contributed by atoms with van der Waals surface area (Å²) in [5.74, 6) is 1.48. The molecule has 1 aliphatic heterocycles. The fraction of sp³-hybridized carbons (Fsp3) is 0.615. The van der Waals surface area contributed by atoms with E-state index < -0.39 is 0 Å². The van der Waals surface area contributed by atoms with Crippen molar-refractivity contribution in [3.05, 3.63) is 17.8 Å². The summed E-state index contributed by atoms with van der Waals surface area (Å²) in [7, 11) is 0. The predicted molar refractivity (Wildman–Crippen MR) is 70.0 cm³/mol. The number of aliphatic hydroxyl groups excluding tert-OH is 1. The Kier molecular flexibility index (Phi) is 3.84. The number of aromatic nitrogens is 1. The van der Waals surface area contributed by atoms with Gasteiger partial charge in [-0.1, -0.05) is 0 Å². The third kappa shape index (κ3) is 2.88. The smallest absolute Gasteiger partial charge is 0.152 e. The van der Waals surface area contributed by atoms with Gasteiger partial charge < -0.3 is 15.7 Å². The van der Waals surface area contributed by atoms with Crippen LogP contribution in [0.3, 0.4) is 0 Å². The van der Waals surface area contributed by atoms with Gasteiger partial charge in [-0.05, 0) is 44.2 Å². The lowest BCUT2D eigenvalue weighted by atomic mass is 9.95. The highest BCUT2D eigenvalue weighted by Crippen LogP contribution is 2.27. The Balaban J connectivity index is 2.13. The molecule has 0 amide bonds. The zero-order chi connectivity index (χ0) is 12.3. The molecular formula is C13H21N3O. The summed E-state index contributed by atoms with van der Waals surface area (Å²) in [4.78, 5) is 6.79. The fourth-order valence-corrected chi connectivity index (χ4v) is 2.48. The van der Waals surface area contributed by atoms with Crippen LogP contribution in [-0.2, 0) is 0 Å². The van der Waals surface area contributed by atoms with Crippen LogP contribution < -0.4 is 10.6 Å². The Labute approximate surface area is 102 Å². The number of nitrogens with two attached hydrogens (primary N) is 1. The molecule has 1 saturated heterocycles. The second kappa shape index (κ2) is 5.36. The molecule has 1 aliphatic rings.